The molecule has 1 N–H and O–H groups in total. The minimum Gasteiger partial charge on any atom is -0.493 e. The molecule has 3 aromatic rings. The van der Waals surface area contributed by atoms with Crippen LogP contribution < -0.4 is 14.4 Å². The molecular weight excluding hydrogens is 342 g/mol. The number of nitrogens with one attached hydrogen (secondary N) is 1. The molecule has 8 heteroatoms. The van der Waals surface area contributed by atoms with Gasteiger partial charge in [0.05, 0.1) is 25.8 Å². The Labute approximate surface area is 151 Å². The highest BCUT2D eigenvalue weighted by molar-refractivity contribution is 5.85. The number of hydrogen-bond donors (Lipinski definition) is 1. The lowest BCUT2D eigenvalue weighted by atomic mass is 9.97. The first-order valence-electron chi connectivity index (χ1n) is 7.92. The van der Waals surface area contributed by atoms with Gasteiger partial charge in [-0.1, -0.05) is 12.1 Å². The van der Waals surface area contributed by atoms with Crippen LogP contribution in [0.5, 0.6) is 11.5 Å². The summed E-state index contributed by atoms with van der Waals surface area (Å²) in [6.45, 7) is 1.76. The lowest BCUT2D eigenvalue weighted by molar-refractivity contribution is 0.350. The Bertz CT molecular complexity index is 869. The van der Waals surface area contributed by atoms with Gasteiger partial charge in [-0.3, -0.25) is 5.10 Å². The number of para-hydroxylation sites is 1. The zero-order chi connectivity index (χ0) is 16.5. The summed E-state index contributed by atoms with van der Waals surface area (Å²) in [7, 11) is 3.35. The zero-order valence-corrected chi connectivity index (χ0v) is 14.9. The van der Waals surface area contributed by atoms with E-state index >= 15 is 0 Å². The molecule has 0 radical (unpaired) electrons. The third kappa shape index (κ3) is 3.07. The van der Waals surface area contributed by atoms with Crippen molar-refractivity contribution in [3.05, 3.63) is 36.2 Å². The maximum Gasteiger partial charge on any atom is 0.227 e. The fraction of sp³-hybridized carbons (Fsp3) is 0.353. The molecule has 4 rings (SSSR count). The predicted molar refractivity (Wildman–Crippen MR) is 98.0 cm³/mol. The standard InChI is InChI=1S/C17H19N5O2.ClH/c1-23-14-5-3-4-13(15(14)24-2)11-6-7-22(10-11)17-18-8-12-9-19-21-16(12)20-17;/h3-5,8-9,11H,6-7,10H2,1-2H3,(H,18,19,20,21);1H. The van der Waals surface area contributed by atoms with E-state index in [1.807, 2.05) is 12.1 Å². The van der Waals surface area contributed by atoms with Gasteiger partial charge < -0.3 is 14.4 Å². The molecular formula is C17H20ClN5O2. The van der Waals surface area contributed by atoms with Crippen LogP contribution in [0.2, 0.25) is 0 Å². The summed E-state index contributed by atoms with van der Waals surface area (Å²) in [4.78, 5) is 11.2. The van der Waals surface area contributed by atoms with Crippen LogP contribution in [-0.2, 0) is 0 Å². The van der Waals surface area contributed by atoms with Gasteiger partial charge in [-0.2, -0.15) is 10.1 Å². The summed E-state index contributed by atoms with van der Waals surface area (Å²) >= 11 is 0. The van der Waals surface area contributed by atoms with Crippen molar-refractivity contribution in [1.29, 1.82) is 0 Å². The molecule has 0 spiro atoms. The van der Waals surface area contributed by atoms with Crippen LogP contribution in [0.15, 0.2) is 30.6 Å². The van der Waals surface area contributed by atoms with Crippen molar-refractivity contribution in [2.24, 2.45) is 0 Å². The van der Waals surface area contributed by atoms with Gasteiger partial charge in [0, 0.05) is 30.8 Å². The SMILES string of the molecule is COc1cccc(C2CCN(c3ncc4cn[nH]c4n3)C2)c1OC.Cl. The minimum absolute atomic E-state index is 0. The average Bonchev–Trinajstić information content (AvgIpc) is 3.29. The van der Waals surface area contributed by atoms with Crippen molar-refractivity contribution in [3.63, 3.8) is 0 Å². The van der Waals surface area contributed by atoms with E-state index in [0.29, 0.717) is 5.92 Å². The third-order valence-corrected chi connectivity index (χ3v) is 4.52. The first kappa shape index (κ1) is 17.3. The number of aromatic nitrogens is 4. The van der Waals surface area contributed by atoms with Gasteiger partial charge in [-0.15, -0.1) is 12.4 Å². The molecule has 7 nitrogen and oxygen atoms in total. The van der Waals surface area contributed by atoms with Crippen LogP contribution >= 0.6 is 12.4 Å². The molecule has 1 saturated heterocycles. The van der Waals surface area contributed by atoms with Crippen LogP contribution in [0.1, 0.15) is 17.9 Å². The molecule has 1 atom stereocenters. The molecule has 0 amide bonds. The number of rotatable bonds is 4. The first-order valence-corrected chi connectivity index (χ1v) is 7.92. The van der Waals surface area contributed by atoms with Gasteiger partial charge in [-0.05, 0) is 12.5 Å². The summed E-state index contributed by atoms with van der Waals surface area (Å²) in [6, 6.07) is 6.03. The highest BCUT2D eigenvalue weighted by Crippen LogP contribution is 2.39. The van der Waals surface area contributed by atoms with E-state index in [0.717, 1.165) is 48.0 Å². The number of ether oxygens (including phenoxy) is 2. The number of aromatic amines is 1. The second kappa shape index (κ2) is 7.14. The van der Waals surface area contributed by atoms with Crippen molar-refractivity contribution < 1.29 is 9.47 Å². The molecule has 1 unspecified atom stereocenters. The van der Waals surface area contributed by atoms with Crippen LogP contribution in [-0.4, -0.2) is 47.5 Å². The van der Waals surface area contributed by atoms with Gasteiger partial charge >= 0.3 is 0 Å². The molecule has 1 fully saturated rings. The number of benzene rings is 1. The Hall–Kier alpha value is -2.54. The van der Waals surface area contributed by atoms with Crippen molar-refractivity contribution >= 4 is 29.4 Å². The van der Waals surface area contributed by atoms with Crippen molar-refractivity contribution in [3.8, 4) is 11.5 Å². The van der Waals surface area contributed by atoms with Crippen molar-refractivity contribution in [2.75, 3.05) is 32.2 Å². The molecule has 1 aliphatic heterocycles. The van der Waals surface area contributed by atoms with Gasteiger partial charge in [0.2, 0.25) is 5.95 Å². The first-order chi connectivity index (χ1) is 11.8. The Kier molecular flexibility index (Phi) is 4.94. The van der Waals surface area contributed by atoms with Gasteiger partial charge in [0.15, 0.2) is 17.1 Å². The summed E-state index contributed by atoms with van der Waals surface area (Å²) in [5, 5.41) is 7.81. The minimum atomic E-state index is 0. The van der Waals surface area contributed by atoms with Gasteiger partial charge in [0.25, 0.3) is 0 Å². The molecule has 3 heterocycles. The number of fused-ring (bicyclic) bond motifs is 1. The number of anilines is 1. The molecule has 2 aromatic heterocycles. The van der Waals surface area contributed by atoms with E-state index < -0.39 is 0 Å². The second-order valence-corrected chi connectivity index (χ2v) is 5.86. The quantitative estimate of drug-likeness (QED) is 0.770. The molecule has 132 valence electrons. The summed E-state index contributed by atoms with van der Waals surface area (Å²) in [6.07, 6.45) is 4.56. The van der Waals surface area contributed by atoms with Crippen LogP contribution in [0.25, 0.3) is 11.0 Å². The lowest BCUT2D eigenvalue weighted by Crippen LogP contribution is -2.21. The number of methoxy groups -OCH3 is 2. The zero-order valence-electron chi connectivity index (χ0n) is 14.1. The normalized spacial score (nSPS) is 16.7. The second-order valence-electron chi connectivity index (χ2n) is 5.86. The molecule has 1 aromatic carbocycles. The molecule has 0 aliphatic carbocycles. The highest BCUT2D eigenvalue weighted by Gasteiger charge is 2.29. The number of H-pyrrole nitrogens is 1. The van der Waals surface area contributed by atoms with E-state index in [1.165, 1.54) is 5.56 Å². The fourth-order valence-corrected chi connectivity index (χ4v) is 3.31. The maximum atomic E-state index is 5.58. The van der Waals surface area contributed by atoms with Crippen molar-refractivity contribution in [2.45, 2.75) is 12.3 Å². The summed E-state index contributed by atoms with van der Waals surface area (Å²) < 4.78 is 11.0. The van der Waals surface area contributed by atoms with E-state index in [9.17, 15) is 0 Å². The number of halogens is 1. The molecule has 0 bridgehead atoms. The number of nitrogens with zero attached hydrogens (tertiary/aromatic N) is 4. The largest absolute Gasteiger partial charge is 0.493 e. The Morgan fingerprint density at radius 1 is 1.20 bits per heavy atom. The highest BCUT2D eigenvalue weighted by atomic mass is 35.5. The number of hydrogen-bond acceptors (Lipinski definition) is 6. The Morgan fingerprint density at radius 3 is 2.88 bits per heavy atom. The molecule has 1 aliphatic rings. The Balaban J connectivity index is 0.00000182. The van der Waals surface area contributed by atoms with E-state index in [2.05, 4.69) is 31.1 Å². The van der Waals surface area contributed by atoms with E-state index in [-0.39, 0.29) is 12.4 Å². The van der Waals surface area contributed by atoms with Crippen LogP contribution in [0, 0.1) is 0 Å². The predicted octanol–water partition coefficient (Wildman–Crippen LogP) is 2.79. The van der Waals surface area contributed by atoms with Gasteiger partial charge in [0.1, 0.15) is 0 Å². The van der Waals surface area contributed by atoms with Crippen LogP contribution in [0.3, 0.4) is 0 Å². The smallest absolute Gasteiger partial charge is 0.227 e. The lowest BCUT2D eigenvalue weighted by Gasteiger charge is -2.18. The average molecular weight is 362 g/mol. The van der Waals surface area contributed by atoms with E-state index in [1.54, 1.807) is 26.6 Å². The topological polar surface area (TPSA) is 76.2 Å². The monoisotopic (exact) mass is 361 g/mol. The Morgan fingerprint density at radius 2 is 2.08 bits per heavy atom. The summed E-state index contributed by atoms with van der Waals surface area (Å²) in [5.74, 6) is 2.67. The molecule has 25 heavy (non-hydrogen) atoms. The van der Waals surface area contributed by atoms with Crippen molar-refractivity contribution in [1.82, 2.24) is 20.2 Å². The third-order valence-electron chi connectivity index (χ3n) is 4.52. The van der Waals surface area contributed by atoms with Gasteiger partial charge in [-0.25, -0.2) is 4.98 Å². The molecule has 0 saturated carbocycles. The fourth-order valence-electron chi connectivity index (χ4n) is 3.31. The summed E-state index contributed by atoms with van der Waals surface area (Å²) in [5.41, 5.74) is 1.93. The maximum absolute atomic E-state index is 5.58. The van der Waals surface area contributed by atoms with E-state index in [4.69, 9.17) is 9.47 Å². The van der Waals surface area contributed by atoms with Crippen LogP contribution in [0.4, 0.5) is 5.95 Å².